The van der Waals surface area contributed by atoms with E-state index in [1.807, 2.05) is 42.3 Å². The SMILES string of the molecule is CCOC(=O)c1ccc(C#CC2C=CC=C(N)N2C)cc1. The van der Waals surface area contributed by atoms with E-state index >= 15 is 0 Å². The number of allylic oxidation sites excluding steroid dienone is 2. The van der Waals surface area contributed by atoms with E-state index in [0.29, 0.717) is 18.0 Å². The molecule has 1 aliphatic rings. The van der Waals surface area contributed by atoms with Crippen LogP contribution in [-0.4, -0.2) is 30.6 Å². The molecule has 0 bridgehead atoms. The van der Waals surface area contributed by atoms with E-state index in [2.05, 4.69) is 11.8 Å². The molecule has 1 heterocycles. The fraction of sp³-hybridized carbons (Fsp3) is 0.235. The van der Waals surface area contributed by atoms with Crippen LogP contribution in [0.15, 0.2) is 48.3 Å². The highest BCUT2D eigenvalue weighted by Gasteiger charge is 2.12. The second-order valence-corrected chi connectivity index (χ2v) is 4.60. The van der Waals surface area contributed by atoms with E-state index in [-0.39, 0.29) is 12.0 Å². The Morgan fingerprint density at radius 2 is 2.10 bits per heavy atom. The van der Waals surface area contributed by atoms with Gasteiger partial charge in [-0.15, -0.1) is 0 Å². The molecular weight excluding hydrogens is 264 g/mol. The van der Waals surface area contributed by atoms with Crippen LogP contribution in [-0.2, 0) is 4.74 Å². The van der Waals surface area contributed by atoms with Gasteiger partial charge in [0.1, 0.15) is 6.04 Å². The molecule has 1 aromatic carbocycles. The summed E-state index contributed by atoms with van der Waals surface area (Å²) in [4.78, 5) is 13.4. The summed E-state index contributed by atoms with van der Waals surface area (Å²) in [6.45, 7) is 2.15. The number of hydrogen-bond acceptors (Lipinski definition) is 4. The van der Waals surface area contributed by atoms with Gasteiger partial charge in [0.05, 0.1) is 18.0 Å². The van der Waals surface area contributed by atoms with E-state index in [0.717, 1.165) is 5.56 Å². The number of carbonyl (C=O) groups excluding carboxylic acids is 1. The zero-order valence-corrected chi connectivity index (χ0v) is 12.2. The first kappa shape index (κ1) is 14.7. The summed E-state index contributed by atoms with van der Waals surface area (Å²) in [7, 11) is 1.90. The van der Waals surface area contributed by atoms with Crippen molar-refractivity contribution in [1.82, 2.24) is 4.90 Å². The molecule has 2 rings (SSSR count). The molecular formula is C17H18N2O2. The van der Waals surface area contributed by atoms with Crippen LogP contribution in [0.2, 0.25) is 0 Å². The molecule has 1 atom stereocenters. The molecule has 108 valence electrons. The van der Waals surface area contributed by atoms with Gasteiger partial charge in [-0.25, -0.2) is 4.79 Å². The molecule has 0 aliphatic carbocycles. The standard InChI is InChI=1S/C17H18N2O2/c1-3-21-17(20)14-10-7-13(8-11-14)9-12-15-5-4-6-16(18)19(15)2/h4-8,10-11,15H,3,18H2,1-2H3. The molecule has 1 unspecified atom stereocenters. The fourth-order valence-electron chi connectivity index (χ4n) is 1.87. The van der Waals surface area contributed by atoms with Crippen molar-refractivity contribution in [1.29, 1.82) is 0 Å². The van der Waals surface area contributed by atoms with Gasteiger partial charge in [0.25, 0.3) is 0 Å². The van der Waals surface area contributed by atoms with E-state index in [9.17, 15) is 4.79 Å². The van der Waals surface area contributed by atoms with Crippen LogP contribution in [0.3, 0.4) is 0 Å². The summed E-state index contributed by atoms with van der Waals surface area (Å²) < 4.78 is 4.94. The first-order valence-electron chi connectivity index (χ1n) is 6.77. The van der Waals surface area contributed by atoms with Crippen molar-refractivity contribution in [3.63, 3.8) is 0 Å². The van der Waals surface area contributed by atoms with Crippen molar-refractivity contribution >= 4 is 5.97 Å². The molecule has 21 heavy (non-hydrogen) atoms. The highest BCUT2D eigenvalue weighted by Crippen LogP contribution is 2.10. The van der Waals surface area contributed by atoms with E-state index in [4.69, 9.17) is 10.5 Å². The summed E-state index contributed by atoms with van der Waals surface area (Å²) in [5.41, 5.74) is 7.21. The molecule has 0 saturated heterocycles. The molecule has 4 nitrogen and oxygen atoms in total. The van der Waals surface area contributed by atoms with Crippen LogP contribution >= 0.6 is 0 Å². The van der Waals surface area contributed by atoms with Gasteiger partial charge < -0.3 is 15.4 Å². The van der Waals surface area contributed by atoms with Crippen LogP contribution < -0.4 is 5.73 Å². The predicted octanol–water partition coefficient (Wildman–Crippen LogP) is 1.89. The smallest absolute Gasteiger partial charge is 0.338 e. The number of esters is 1. The number of nitrogens with zero attached hydrogens (tertiary/aromatic N) is 1. The Bertz CT molecular complexity index is 633. The Morgan fingerprint density at radius 1 is 1.38 bits per heavy atom. The Balaban J connectivity index is 2.08. The highest BCUT2D eigenvalue weighted by atomic mass is 16.5. The average Bonchev–Trinajstić information content (AvgIpc) is 2.49. The number of benzene rings is 1. The van der Waals surface area contributed by atoms with Gasteiger partial charge in [-0.3, -0.25) is 0 Å². The van der Waals surface area contributed by atoms with E-state index in [1.54, 1.807) is 19.1 Å². The van der Waals surface area contributed by atoms with Gasteiger partial charge >= 0.3 is 5.97 Å². The number of hydrogen-bond donors (Lipinski definition) is 1. The lowest BCUT2D eigenvalue weighted by atomic mass is 10.1. The largest absolute Gasteiger partial charge is 0.462 e. The summed E-state index contributed by atoms with van der Waals surface area (Å²) >= 11 is 0. The lowest BCUT2D eigenvalue weighted by Crippen LogP contribution is -2.33. The Kier molecular flexibility index (Phi) is 4.68. The summed E-state index contributed by atoms with van der Waals surface area (Å²) in [5.74, 6) is 6.60. The Labute approximate surface area is 124 Å². The van der Waals surface area contributed by atoms with Crippen molar-refractivity contribution in [3.05, 3.63) is 59.4 Å². The van der Waals surface area contributed by atoms with E-state index in [1.165, 1.54) is 0 Å². The minimum Gasteiger partial charge on any atom is -0.462 e. The highest BCUT2D eigenvalue weighted by molar-refractivity contribution is 5.89. The molecule has 0 amide bonds. The molecule has 1 aliphatic heterocycles. The zero-order valence-electron chi connectivity index (χ0n) is 12.2. The van der Waals surface area contributed by atoms with Gasteiger partial charge in [-0.2, -0.15) is 0 Å². The second kappa shape index (κ2) is 6.67. The number of likely N-dealkylation sites (N-methyl/N-ethyl adjacent to an activating group) is 1. The molecule has 0 spiro atoms. The molecule has 4 heteroatoms. The van der Waals surface area contributed by atoms with Crippen molar-refractivity contribution in [2.45, 2.75) is 13.0 Å². The maximum absolute atomic E-state index is 11.5. The van der Waals surface area contributed by atoms with Gasteiger partial charge in [0, 0.05) is 12.6 Å². The molecule has 0 radical (unpaired) electrons. The van der Waals surface area contributed by atoms with Crippen molar-refractivity contribution in [2.75, 3.05) is 13.7 Å². The molecule has 0 aromatic heterocycles. The molecule has 2 N–H and O–H groups in total. The number of nitrogens with two attached hydrogens (primary N) is 1. The van der Waals surface area contributed by atoms with Crippen molar-refractivity contribution in [2.24, 2.45) is 5.73 Å². The maximum Gasteiger partial charge on any atom is 0.338 e. The zero-order chi connectivity index (χ0) is 15.2. The quantitative estimate of drug-likeness (QED) is 0.665. The Hall–Kier alpha value is -2.67. The molecule has 0 fully saturated rings. The molecule has 0 saturated carbocycles. The van der Waals surface area contributed by atoms with Crippen molar-refractivity contribution < 1.29 is 9.53 Å². The third-order valence-electron chi connectivity index (χ3n) is 3.15. The summed E-state index contributed by atoms with van der Waals surface area (Å²) in [5, 5.41) is 0. The van der Waals surface area contributed by atoms with Gasteiger partial charge in [-0.1, -0.05) is 17.9 Å². The fourth-order valence-corrected chi connectivity index (χ4v) is 1.87. The van der Waals surface area contributed by atoms with Gasteiger partial charge in [0.15, 0.2) is 0 Å². The van der Waals surface area contributed by atoms with Gasteiger partial charge in [-0.05, 0) is 43.3 Å². The van der Waals surface area contributed by atoms with E-state index < -0.39 is 0 Å². The van der Waals surface area contributed by atoms with Crippen LogP contribution in [0.25, 0.3) is 0 Å². The molecule has 1 aromatic rings. The third-order valence-corrected chi connectivity index (χ3v) is 3.15. The first-order valence-corrected chi connectivity index (χ1v) is 6.77. The van der Waals surface area contributed by atoms with Crippen LogP contribution in [0.5, 0.6) is 0 Å². The lowest BCUT2D eigenvalue weighted by Gasteiger charge is -2.25. The number of carbonyl (C=O) groups is 1. The topological polar surface area (TPSA) is 55.6 Å². The second-order valence-electron chi connectivity index (χ2n) is 4.60. The minimum absolute atomic E-state index is 0.0419. The summed E-state index contributed by atoms with van der Waals surface area (Å²) in [6.07, 6.45) is 5.72. The third kappa shape index (κ3) is 3.67. The maximum atomic E-state index is 11.5. The van der Waals surface area contributed by atoms with Crippen molar-refractivity contribution in [3.8, 4) is 11.8 Å². The average molecular weight is 282 g/mol. The minimum atomic E-state index is -0.315. The normalized spacial score (nSPS) is 16.8. The lowest BCUT2D eigenvalue weighted by molar-refractivity contribution is 0.0526. The summed E-state index contributed by atoms with van der Waals surface area (Å²) in [6, 6.07) is 7.02. The van der Waals surface area contributed by atoms with Crippen LogP contribution in [0.4, 0.5) is 0 Å². The predicted molar refractivity (Wildman–Crippen MR) is 82.2 cm³/mol. The first-order chi connectivity index (χ1) is 10.1. The van der Waals surface area contributed by atoms with Crippen LogP contribution in [0.1, 0.15) is 22.8 Å². The number of ether oxygens (including phenoxy) is 1. The van der Waals surface area contributed by atoms with Gasteiger partial charge in [0.2, 0.25) is 0 Å². The monoisotopic (exact) mass is 282 g/mol. The van der Waals surface area contributed by atoms with Crippen LogP contribution in [0, 0.1) is 11.8 Å². The number of rotatable bonds is 2. The Morgan fingerprint density at radius 3 is 2.76 bits per heavy atom.